The lowest BCUT2D eigenvalue weighted by Gasteiger charge is -2.35. The Labute approximate surface area is 157 Å². The molecular weight excluding hydrogens is 351 g/mol. The number of nitrogens with one attached hydrogen (secondary N) is 2. The van der Waals surface area contributed by atoms with Crippen molar-refractivity contribution >= 4 is 5.96 Å². The van der Waals surface area contributed by atoms with Gasteiger partial charge in [0.2, 0.25) is 5.89 Å². The average molecular weight is 376 g/mol. The van der Waals surface area contributed by atoms with Gasteiger partial charge in [-0.1, -0.05) is 17.3 Å². The van der Waals surface area contributed by atoms with Crippen LogP contribution in [0.2, 0.25) is 0 Å². The maximum atomic E-state index is 13.3. The summed E-state index contributed by atoms with van der Waals surface area (Å²) in [6.07, 6.45) is 0. The molecule has 2 aromatic rings. The summed E-state index contributed by atoms with van der Waals surface area (Å²) in [5.41, 5.74) is 1.05. The number of guanidine groups is 1. The molecule has 0 radical (unpaired) electrons. The lowest BCUT2D eigenvalue weighted by atomic mass is 10.0. The minimum absolute atomic E-state index is 0.0838. The highest BCUT2D eigenvalue weighted by atomic mass is 19.1. The number of halogens is 1. The second-order valence-corrected chi connectivity index (χ2v) is 6.25. The van der Waals surface area contributed by atoms with E-state index in [-0.39, 0.29) is 11.9 Å². The normalized spacial score (nSPS) is 16.9. The number of ether oxygens (including phenoxy) is 1. The molecule has 0 bridgehead atoms. The van der Waals surface area contributed by atoms with Crippen molar-refractivity contribution in [2.75, 3.05) is 39.9 Å². The molecule has 1 unspecified atom stereocenters. The highest BCUT2D eigenvalue weighted by molar-refractivity contribution is 5.79. The molecule has 1 aromatic heterocycles. The Balaban J connectivity index is 1.62. The molecule has 2 heterocycles. The van der Waals surface area contributed by atoms with Gasteiger partial charge in [-0.05, 0) is 17.7 Å². The Morgan fingerprint density at radius 2 is 2.00 bits per heavy atom. The van der Waals surface area contributed by atoms with Crippen LogP contribution in [0.5, 0.6) is 0 Å². The minimum Gasteiger partial charge on any atom is -0.379 e. The summed E-state index contributed by atoms with van der Waals surface area (Å²) in [6, 6.07) is 6.73. The molecule has 0 amide bonds. The second kappa shape index (κ2) is 9.43. The van der Waals surface area contributed by atoms with Gasteiger partial charge in [0, 0.05) is 33.6 Å². The fraction of sp³-hybridized carbons (Fsp3) is 0.500. The van der Waals surface area contributed by atoms with Crippen LogP contribution in [0.15, 0.2) is 33.8 Å². The van der Waals surface area contributed by atoms with Crippen LogP contribution >= 0.6 is 0 Å². The molecule has 1 aliphatic rings. The number of nitrogens with zero attached hydrogens (tertiary/aromatic N) is 4. The topological polar surface area (TPSA) is 87.8 Å². The molecule has 1 atom stereocenters. The van der Waals surface area contributed by atoms with Crippen molar-refractivity contribution in [3.05, 3.63) is 47.4 Å². The third-order valence-corrected chi connectivity index (χ3v) is 4.41. The van der Waals surface area contributed by atoms with E-state index in [4.69, 9.17) is 9.26 Å². The van der Waals surface area contributed by atoms with E-state index in [1.807, 2.05) is 12.1 Å². The number of hydrogen-bond acceptors (Lipinski definition) is 6. The highest BCUT2D eigenvalue weighted by Gasteiger charge is 2.23. The molecule has 1 fully saturated rings. The molecule has 9 heteroatoms. The van der Waals surface area contributed by atoms with E-state index in [1.165, 1.54) is 12.1 Å². The van der Waals surface area contributed by atoms with E-state index in [0.717, 1.165) is 18.7 Å². The summed E-state index contributed by atoms with van der Waals surface area (Å²) in [6.45, 7) is 5.84. The van der Waals surface area contributed by atoms with Crippen LogP contribution in [-0.4, -0.2) is 60.9 Å². The predicted octanol–water partition coefficient (Wildman–Crippen LogP) is 1.26. The molecule has 1 aromatic carbocycles. The molecule has 1 aliphatic heterocycles. The Morgan fingerprint density at radius 3 is 2.63 bits per heavy atom. The number of aryl methyl sites for hydroxylation is 1. The fourth-order valence-corrected chi connectivity index (χ4v) is 3.02. The van der Waals surface area contributed by atoms with E-state index in [9.17, 15) is 4.39 Å². The Morgan fingerprint density at radius 1 is 1.26 bits per heavy atom. The number of morpholine rings is 1. The van der Waals surface area contributed by atoms with Crippen molar-refractivity contribution in [3.63, 3.8) is 0 Å². The molecular formula is C18H25FN6O2. The van der Waals surface area contributed by atoms with Gasteiger partial charge < -0.3 is 19.9 Å². The summed E-state index contributed by atoms with van der Waals surface area (Å²) in [5.74, 6) is 1.50. The number of hydrogen-bond donors (Lipinski definition) is 2. The number of aromatic nitrogens is 2. The number of benzene rings is 1. The molecule has 27 heavy (non-hydrogen) atoms. The summed E-state index contributed by atoms with van der Waals surface area (Å²) >= 11 is 0. The van der Waals surface area contributed by atoms with Crippen molar-refractivity contribution in [1.29, 1.82) is 0 Å². The highest BCUT2D eigenvalue weighted by Crippen LogP contribution is 2.21. The number of rotatable bonds is 6. The molecule has 1 saturated heterocycles. The predicted molar refractivity (Wildman–Crippen MR) is 98.8 cm³/mol. The molecule has 0 saturated carbocycles. The Bertz CT molecular complexity index is 743. The van der Waals surface area contributed by atoms with Crippen molar-refractivity contribution < 1.29 is 13.7 Å². The van der Waals surface area contributed by atoms with Gasteiger partial charge >= 0.3 is 0 Å². The SMILES string of the molecule is CN=C(NCc1noc(C)n1)NCC(c1ccc(F)cc1)N1CCOCC1. The van der Waals surface area contributed by atoms with Crippen molar-refractivity contribution in [1.82, 2.24) is 25.7 Å². The van der Waals surface area contributed by atoms with Crippen LogP contribution in [0.25, 0.3) is 0 Å². The summed E-state index contributed by atoms with van der Waals surface area (Å²) in [7, 11) is 1.71. The van der Waals surface area contributed by atoms with Gasteiger partial charge in [-0.25, -0.2) is 4.39 Å². The minimum atomic E-state index is -0.236. The monoisotopic (exact) mass is 376 g/mol. The molecule has 146 valence electrons. The molecule has 3 rings (SSSR count). The molecule has 2 N–H and O–H groups in total. The van der Waals surface area contributed by atoms with Gasteiger partial charge in [0.25, 0.3) is 0 Å². The molecule has 0 aliphatic carbocycles. The Kier molecular flexibility index (Phi) is 6.72. The zero-order valence-electron chi connectivity index (χ0n) is 15.6. The van der Waals surface area contributed by atoms with Gasteiger partial charge in [0.05, 0.1) is 25.8 Å². The average Bonchev–Trinajstić information content (AvgIpc) is 3.11. The van der Waals surface area contributed by atoms with E-state index >= 15 is 0 Å². The van der Waals surface area contributed by atoms with Crippen LogP contribution in [0.3, 0.4) is 0 Å². The third kappa shape index (κ3) is 5.48. The van der Waals surface area contributed by atoms with Gasteiger partial charge in [-0.2, -0.15) is 4.98 Å². The summed E-state index contributed by atoms with van der Waals surface area (Å²) in [5, 5.41) is 10.4. The third-order valence-electron chi connectivity index (χ3n) is 4.41. The zero-order chi connectivity index (χ0) is 19.1. The first kappa shape index (κ1) is 19.2. The van der Waals surface area contributed by atoms with Crippen LogP contribution in [-0.2, 0) is 11.3 Å². The van der Waals surface area contributed by atoms with Gasteiger partial charge in [0.15, 0.2) is 11.8 Å². The standard InChI is InChI=1S/C18H25FN6O2/c1-13-23-17(24-27-13)12-22-18(20-2)21-11-16(25-7-9-26-10-8-25)14-3-5-15(19)6-4-14/h3-6,16H,7-12H2,1-2H3,(H2,20,21,22). The van der Waals surface area contributed by atoms with E-state index in [0.29, 0.717) is 44.0 Å². The van der Waals surface area contributed by atoms with Crippen LogP contribution in [0.1, 0.15) is 23.3 Å². The first-order valence-electron chi connectivity index (χ1n) is 8.96. The van der Waals surface area contributed by atoms with E-state index in [2.05, 4.69) is 30.7 Å². The maximum absolute atomic E-state index is 13.3. The number of aliphatic imine (C=N–C) groups is 1. The zero-order valence-corrected chi connectivity index (χ0v) is 15.6. The van der Waals surface area contributed by atoms with Crippen LogP contribution < -0.4 is 10.6 Å². The van der Waals surface area contributed by atoms with E-state index < -0.39 is 0 Å². The fourth-order valence-electron chi connectivity index (χ4n) is 3.02. The quantitative estimate of drug-likeness (QED) is 0.580. The summed E-state index contributed by atoms with van der Waals surface area (Å²) in [4.78, 5) is 10.7. The summed E-state index contributed by atoms with van der Waals surface area (Å²) < 4.78 is 23.8. The largest absolute Gasteiger partial charge is 0.379 e. The van der Waals surface area contributed by atoms with Crippen LogP contribution in [0, 0.1) is 12.7 Å². The van der Waals surface area contributed by atoms with Gasteiger partial charge in [-0.15, -0.1) is 0 Å². The Hall–Kier alpha value is -2.52. The smallest absolute Gasteiger partial charge is 0.223 e. The van der Waals surface area contributed by atoms with Gasteiger partial charge in [0.1, 0.15) is 5.82 Å². The molecule has 0 spiro atoms. The van der Waals surface area contributed by atoms with Crippen molar-refractivity contribution in [2.24, 2.45) is 4.99 Å². The van der Waals surface area contributed by atoms with Crippen molar-refractivity contribution in [2.45, 2.75) is 19.5 Å². The maximum Gasteiger partial charge on any atom is 0.223 e. The first-order valence-corrected chi connectivity index (χ1v) is 8.96. The first-order chi connectivity index (χ1) is 13.2. The lowest BCUT2D eigenvalue weighted by Crippen LogP contribution is -2.46. The van der Waals surface area contributed by atoms with E-state index in [1.54, 1.807) is 14.0 Å². The molecule has 8 nitrogen and oxygen atoms in total. The van der Waals surface area contributed by atoms with Crippen LogP contribution in [0.4, 0.5) is 4.39 Å². The second-order valence-electron chi connectivity index (χ2n) is 6.25. The van der Waals surface area contributed by atoms with Gasteiger partial charge in [-0.3, -0.25) is 9.89 Å². The lowest BCUT2D eigenvalue weighted by molar-refractivity contribution is 0.0170. The van der Waals surface area contributed by atoms with Crippen molar-refractivity contribution in [3.8, 4) is 0 Å².